The van der Waals surface area contributed by atoms with E-state index in [-0.39, 0.29) is 36.2 Å². The molecule has 11 heteroatoms. The Morgan fingerprint density at radius 1 is 1.24 bits per heavy atom. The van der Waals surface area contributed by atoms with E-state index >= 15 is 0 Å². The molecule has 1 aromatic heterocycles. The molecule has 2 bridgehead atoms. The summed E-state index contributed by atoms with van der Waals surface area (Å²) in [5.41, 5.74) is -2.55. The van der Waals surface area contributed by atoms with Crippen molar-refractivity contribution >= 4 is 11.7 Å². The normalized spacial score (nSPS) is 36.5. The summed E-state index contributed by atoms with van der Waals surface area (Å²) >= 11 is 0. The van der Waals surface area contributed by atoms with E-state index in [2.05, 4.69) is 10.3 Å². The van der Waals surface area contributed by atoms with E-state index in [4.69, 9.17) is 9.47 Å². The smallest absolute Gasteiger partial charge is 0.389 e. The molecule has 1 aromatic rings. The minimum Gasteiger partial charge on any atom is -0.389 e. The van der Waals surface area contributed by atoms with Crippen molar-refractivity contribution in [3.05, 3.63) is 23.9 Å². The third-order valence-corrected chi connectivity index (χ3v) is 9.92. The zero-order chi connectivity index (χ0) is 26.7. The van der Waals surface area contributed by atoms with Gasteiger partial charge in [0.25, 0.3) is 0 Å². The van der Waals surface area contributed by atoms with E-state index < -0.39 is 22.8 Å². The second kappa shape index (κ2) is 9.60. The van der Waals surface area contributed by atoms with E-state index in [1.54, 1.807) is 7.11 Å². The summed E-state index contributed by atoms with van der Waals surface area (Å²) < 4.78 is 50.9. The molecule has 4 heterocycles. The third-order valence-electron chi connectivity index (χ3n) is 9.92. The van der Waals surface area contributed by atoms with E-state index in [0.717, 1.165) is 31.4 Å². The number of aromatic nitrogens is 1. The fraction of sp³-hybridized carbons (Fsp3) is 0.778. The van der Waals surface area contributed by atoms with Gasteiger partial charge in [0.05, 0.1) is 41.4 Å². The molecule has 6 atom stereocenters. The maximum atomic E-state index is 14.3. The quantitative estimate of drug-likeness (QED) is 0.576. The summed E-state index contributed by atoms with van der Waals surface area (Å²) in [7, 11) is 1.69. The van der Waals surface area contributed by atoms with Crippen molar-refractivity contribution in [3.8, 4) is 0 Å². The number of hydrogen-bond acceptors (Lipinski definition) is 7. The second-order valence-corrected chi connectivity index (χ2v) is 11.9. The van der Waals surface area contributed by atoms with Crippen LogP contribution in [-0.2, 0) is 20.4 Å². The lowest BCUT2D eigenvalue weighted by Gasteiger charge is -2.52. The monoisotopic (exact) mass is 538 g/mol. The van der Waals surface area contributed by atoms with Crippen LogP contribution >= 0.6 is 0 Å². The highest BCUT2D eigenvalue weighted by molar-refractivity contribution is 5.86. The standard InChI is InChI=1S/C27H37F3N4O4/c1-37-22-16-38-10-5-21(22)32-18-3-8-25(13-18,26(36)6-2-7-26)24(35)34-15-19-12-20(34)14-33(19)23-11-17(4-9-31-23)27(28,29)30/h4,9,11,18-22,32,36H,2-3,5-8,10,12-16H2,1H3/t18-,19+,20+,21+,22-,25-/m1/s1. The van der Waals surface area contributed by atoms with Crippen LogP contribution in [0.4, 0.5) is 19.0 Å². The van der Waals surface area contributed by atoms with Crippen LogP contribution in [0.2, 0.25) is 0 Å². The minimum atomic E-state index is -4.43. The number of carbonyl (C=O) groups is 1. The molecule has 2 saturated carbocycles. The molecule has 38 heavy (non-hydrogen) atoms. The Labute approximate surface area is 220 Å². The van der Waals surface area contributed by atoms with Crippen molar-refractivity contribution in [1.29, 1.82) is 0 Å². The Bertz CT molecular complexity index is 1050. The van der Waals surface area contributed by atoms with Crippen molar-refractivity contribution < 1.29 is 32.5 Å². The second-order valence-electron chi connectivity index (χ2n) is 11.9. The van der Waals surface area contributed by atoms with Gasteiger partial charge in [-0.3, -0.25) is 4.79 Å². The SMILES string of the molecule is CO[C@@H]1COCC[C@@H]1N[C@@H]1CC[C@@](C(=O)N2C[C@@H]3C[C@H]2CN3c2cc(C(F)(F)F)ccn2)(C2(O)CCC2)C1. The van der Waals surface area contributed by atoms with Crippen LogP contribution in [0.3, 0.4) is 0 Å². The fourth-order valence-electron chi connectivity index (χ4n) is 7.65. The first-order valence-corrected chi connectivity index (χ1v) is 13.8. The van der Waals surface area contributed by atoms with Crippen LogP contribution in [0.1, 0.15) is 56.9 Å². The lowest BCUT2D eigenvalue weighted by Crippen LogP contribution is -2.63. The lowest BCUT2D eigenvalue weighted by molar-refractivity contribution is -0.178. The number of fused-ring (bicyclic) bond motifs is 2. The van der Waals surface area contributed by atoms with Gasteiger partial charge in [-0.25, -0.2) is 4.98 Å². The highest BCUT2D eigenvalue weighted by Gasteiger charge is 2.64. The molecular weight excluding hydrogens is 501 g/mol. The molecule has 0 radical (unpaired) electrons. The number of carbonyl (C=O) groups excluding carboxylic acids is 1. The molecule has 5 aliphatic rings. The van der Waals surface area contributed by atoms with Gasteiger partial charge in [0.1, 0.15) is 5.82 Å². The number of nitrogens with one attached hydrogen (secondary N) is 1. The summed E-state index contributed by atoms with van der Waals surface area (Å²) in [5.74, 6) is 0.324. The number of pyridine rings is 1. The molecule has 3 aliphatic heterocycles. The van der Waals surface area contributed by atoms with Gasteiger partial charge in [-0.2, -0.15) is 13.2 Å². The first-order valence-electron chi connectivity index (χ1n) is 13.8. The molecule has 3 saturated heterocycles. The van der Waals surface area contributed by atoms with Crippen molar-refractivity contribution in [2.24, 2.45) is 5.41 Å². The van der Waals surface area contributed by atoms with Crippen LogP contribution in [-0.4, -0.2) is 90.2 Å². The van der Waals surface area contributed by atoms with Gasteiger partial charge in [0, 0.05) is 45.1 Å². The number of rotatable bonds is 6. The van der Waals surface area contributed by atoms with Crippen molar-refractivity contribution in [3.63, 3.8) is 0 Å². The number of amides is 1. The molecule has 0 unspecified atom stereocenters. The zero-order valence-electron chi connectivity index (χ0n) is 21.8. The molecule has 1 amide bonds. The van der Waals surface area contributed by atoms with Crippen LogP contribution in [0, 0.1) is 5.41 Å². The number of likely N-dealkylation sites (tertiary alicyclic amines) is 1. The number of piperazine rings is 1. The number of aliphatic hydroxyl groups is 1. The number of nitrogens with zero attached hydrogens (tertiary/aromatic N) is 3. The van der Waals surface area contributed by atoms with Gasteiger partial charge >= 0.3 is 6.18 Å². The molecule has 5 fully saturated rings. The highest BCUT2D eigenvalue weighted by atomic mass is 19.4. The lowest BCUT2D eigenvalue weighted by atomic mass is 9.59. The number of alkyl halides is 3. The van der Waals surface area contributed by atoms with Crippen LogP contribution in [0.15, 0.2) is 18.3 Å². The van der Waals surface area contributed by atoms with Crippen molar-refractivity contribution in [1.82, 2.24) is 15.2 Å². The summed E-state index contributed by atoms with van der Waals surface area (Å²) in [5, 5.41) is 15.4. The van der Waals surface area contributed by atoms with E-state index in [0.29, 0.717) is 64.2 Å². The highest BCUT2D eigenvalue weighted by Crippen LogP contribution is 2.57. The average molecular weight is 539 g/mol. The largest absolute Gasteiger partial charge is 0.416 e. The maximum absolute atomic E-state index is 14.3. The van der Waals surface area contributed by atoms with Gasteiger partial charge in [-0.05, 0) is 63.5 Å². The van der Waals surface area contributed by atoms with E-state index in [9.17, 15) is 23.1 Å². The molecule has 2 N–H and O–H groups in total. The van der Waals surface area contributed by atoms with Gasteiger partial charge in [0.15, 0.2) is 0 Å². The molecule has 210 valence electrons. The van der Waals surface area contributed by atoms with Gasteiger partial charge in [-0.1, -0.05) is 0 Å². The van der Waals surface area contributed by atoms with Gasteiger partial charge < -0.3 is 29.7 Å². The molecule has 0 aromatic carbocycles. The Morgan fingerprint density at radius 3 is 2.71 bits per heavy atom. The van der Waals surface area contributed by atoms with Crippen LogP contribution < -0.4 is 10.2 Å². The van der Waals surface area contributed by atoms with Crippen molar-refractivity contribution in [2.75, 3.05) is 38.3 Å². The number of hydrogen-bond donors (Lipinski definition) is 2. The minimum absolute atomic E-state index is 0.0171. The Hall–Kier alpha value is -1.95. The maximum Gasteiger partial charge on any atom is 0.416 e. The topological polar surface area (TPSA) is 87.2 Å². The van der Waals surface area contributed by atoms with Crippen LogP contribution in [0.25, 0.3) is 0 Å². The molecule has 6 rings (SSSR count). The van der Waals surface area contributed by atoms with E-state index in [1.807, 2.05) is 9.80 Å². The third kappa shape index (κ3) is 4.30. The zero-order valence-corrected chi connectivity index (χ0v) is 21.8. The van der Waals surface area contributed by atoms with Crippen LogP contribution in [0.5, 0.6) is 0 Å². The predicted molar refractivity (Wildman–Crippen MR) is 133 cm³/mol. The number of anilines is 1. The first-order chi connectivity index (χ1) is 18.1. The Kier molecular flexibility index (Phi) is 6.64. The van der Waals surface area contributed by atoms with Crippen molar-refractivity contribution in [2.45, 2.75) is 93.4 Å². The summed E-state index contributed by atoms with van der Waals surface area (Å²) in [6.07, 6.45) is 2.49. The van der Waals surface area contributed by atoms with Gasteiger partial charge in [0.2, 0.25) is 5.91 Å². The number of methoxy groups -OCH3 is 1. The predicted octanol–water partition coefficient (Wildman–Crippen LogP) is 2.74. The average Bonchev–Trinajstić information content (AvgIpc) is 3.62. The van der Waals surface area contributed by atoms with Gasteiger partial charge in [-0.15, -0.1) is 0 Å². The molecule has 0 spiro atoms. The number of ether oxygens (including phenoxy) is 2. The Balaban J connectivity index is 1.17. The summed E-state index contributed by atoms with van der Waals surface area (Å²) in [6.45, 7) is 2.12. The van der Waals surface area contributed by atoms with E-state index in [1.165, 1.54) is 6.20 Å². The molecular formula is C27H37F3N4O4. The summed E-state index contributed by atoms with van der Waals surface area (Å²) in [4.78, 5) is 22.3. The summed E-state index contributed by atoms with van der Waals surface area (Å²) in [6, 6.07) is 2.17. The fourth-order valence-corrected chi connectivity index (χ4v) is 7.65. The number of halogens is 3. The Morgan fingerprint density at radius 2 is 2.05 bits per heavy atom. The molecule has 8 nitrogen and oxygen atoms in total. The first kappa shape index (κ1) is 26.3. The molecule has 2 aliphatic carbocycles.